The summed E-state index contributed by atoms with van der Waals surface area (Å²) in [5.74, 6) is 0. The number of H-pyrrole nitrogens is 1. The number of aromatic amines is 1. The Hall–Kier alpha value is -1.35. The minimum absolute atomic E-state index is 0.300. The molecule has 0 spiro atoms. The van der Waals surface area contributed by atoms with Crippen molar-refractivity contribution in [3.05, 3.63) is 56.0 Å². The van der Waals surface area contributed by atoms with Crippen LogP contribution in [-0.4, -0.2) is 13.4 Å². The fourth-order valence-electron chi connectivity index (χ4n) is 1.48. The number of rotatable bonds is 3. The van der Waals surface area contributed by atoms with E-state index in [0.29, 0.717) is 5.69 Å². The summed E-state index contributed by atoms with van der Waals surface area (Å²) in [7, 11) is -3.87. The molecule has 0 bridgehead atoms. The number of nitrogens with one attached hydrogen (secondary N) is 2. The minimum Gasteiger partial charge on any atom is -0.366 e. The molecule has 1 aromatic heterocycles. The number of hydrogen-bond acceptors (Lipinski definition) is 3. The summed E-state index contributed by atoms with van der Waals surface area (Å²) in [6.45, 7) is 1.93. The molecule has 19 heavy (non-hydrogen) atoms. The predicted molar refractivity (Wildman–Crippen MR) is 81.8 cm³/mol. The summed E-state index contributed by atoms with van der Waals surface area (Å²) < 4.78 is 27.5. The maximum Gasteiger partial charge on any atom is 0.267 e. The van der Waals surface area contributed by atoms with E-state index in [1.807, 2.05) is 13.0 Å². The molecular weight excluding hydrogens is 379 g/mol. The van der Waals surface area contributed by atoms with Crippen LogP contribution in [0.5, 0.6) is 0 Å². The summed E-state index contributed by atoms with van der Waals surface area (Å²) in [6, 6.07) is 6.36. The van der Waals surface area contributed by atoms with Crippen LogP contribution >= 0.6 is 22.6 Å². The van der Waals surface area contributed by atoms with Gasteiger partial charge in [-0.2, -0.15) is 0 Å². The molecule has 0 fully saturated rings. The van der Waals surface area contributed by atoms with E-state index in [4.69, 9.17) is 0 Å². The van der Waals surface area contributed by atoms with Crippen molar-refractivity contribution in [2.45, 2.75) is 11.8 Å². The highest BCUT2D eigenvalue weighted by Crippen LogP contribution is 2.19. The maximum atomic E-state index is 12.1. The van der Waals surface area contributed by atoms with Gasteiger partial charge in [0.15, 0.2) is 4.90 Å². The first-order chi connectivity index (χ1) is 8.90. The van der Waals surface area contributed by atoms with Crippen LogP contribution in [0.2, 0.25) is 0 Å². The molecule has 0 amide bonds. The Balaban J connectivity index is 2.40. The second-order valence-corrected chi connectivity index (χ2v) is 6.76. The number of halogens is 1. The second-order valence-electron chi connectivity index (χ2n) is 3.94. The van der Waals surface area contributed by atoms with Crippen LogP contribution in [0.25, 0.3) is 0 Å². The molecule has 2 aromatic rings. The molecule has 7 heteroatoms. The molecule has 0 radical (unpaired) electrons. The molecule has 0 saturated carbocycles. The lowest BCUT2D eigenvalue weighted by Crippen LogP contribution is -2.20. The van der Waals surface area contributed by atoms with Gasteiger partial charge in [0.05, 0.1) is 0 Å². The van der Waals surface area contributed by atoms with Crippen LogP contribution in [0.15, 0.2) is 46.3 Å². The van der Waals surface area contributed by atoms with Crippen LogP contribution in [0.1, 0.15) is 5.56 Å². The largest absolute Gasteiger partial charge is 0.366 e. The zero-order chi connectivity index (χ0) is 14.0. The Kier molecular flexibility index (Phi) is 3.95. The van der Waals surface area contributed by atoms with E-state index in [9.17, 15) is 13.2 Å². The number of anilines is 1. The first kappa shape index (κ1) is 14.1. The topological polar surface area (TPSA) is 79.0 Å². The van der Waals surface area contributed by atoms with Gasteiger partial charge >= 0.3 is 0 Å². The number of pyridine rings is 1. The van der Waals surface area contributed by atoms with E-state index in [0.717, 1.165) is 9.13 Å². The lowest BCUT2D eigenvalue weighted by Gasteiger charge is -2.08. The van der Waals surface area contributed by atoms with E-state index in [2.05, 4.69) is 32.3 Å². The van der Waals surface area contributed by atoms with Gasteiger partial charge in [0.2, 0.25) is 5.43 Å². The third kappa shape index (κ3) is 3.16. The van der Waals surface area contributed by atoms with Crippen LogP contribution < -0.4 is 10.2 Å². The van der Waals surface area contributed by atoms with Gasteiger partial charge in [-0.15, -0.1) is 0 Å². The van der Waals surface area contributed by atoms with Gasteiger partial charge < -0.3 is 4.98 Å². The Morgan fingerprint density at radius 3 is 2.63 bits per heavy atom. The summed E-state index contributed by atoms with van der Waals surface area (Å²) >= 11 is 2.12. The molecule has 1 aromatic carbocycles. The molecule has 1 heterocycles. The SMILES string of the molecule is Cc1ccc(NS(=O)(=O)c2c[nH]ccc2=O)cc1I. The third-order valence-electron chi connectivity index (χ3n) is 2.50. The van der Waals surface area contributed by atoms with Gasteiger partial charge in [0, 0.05) is 27.7 Å². The standard InChI is InChI=1S/C12H11IN2O3S/c1-8-2-3-9(6-10(8)13)15-19(17,18)12-7-14-5-4-11(12)16/h2-7,15H,1H3,(H,14,16). The van der Waals surface area contributed by atoms with Crippen molar-refractivity contribution in [1.29, 1.82) is 0 Å². The first-order valence-electron chi connectivity index (χ1n) is 5.36. The van der Waals surface area contributed by atoms with Crippen LogP contribution in [0.3, 0.4) is 0 Å². The summed E-state index contributed by atoms with van der Waals surface area (Å²) in [6.07, 6.45) is 2.56. The molecule has 0 atom stereocenters. The minimum atomic E-state index is -3.87. The molecule has 0 aliphatic heterocycles. The maximum absolute atomic E-state index is 12.1. The van der Waals surface area contributed by atoms with Crippen molar-refractivity contribution in [2.24, 2.45) is 0 Å². The molecule has 0 aliphatic rings. The predicted octanol–water partition coefficient (Wildman–Crippen LogP) is 2.09. The van der Waals surface area contributed by atoms with Crippen molar-refractivity contribution < 1.29 is 8.42 Å². The molecule has 2 rings (SSSR count). The van der Waals surface area contributed by atoms with E-state index < -0.39 is 15.5 Å². The highest BCUT2D eigenvalue weighted by Gasteiger charge is 2.17. The molecular formula is C12H11IN2O3S. The Morgan fingerprint density at radius 1 is 1.26 bits per heavy atom. The van der Waals surface area contributed by atoms with Crippen LogP contribution in [0.4, 0.5) is 5.69 Å². The van der Waals surface area contributed by atoms with Gasteiger partial charge in [-0.25, -0.2) is 8.42 Å². The smallest absolute Gasteiger partial charge is 0.267 e. The Morgan fingerprint density at radius 2 is 2.00 bits per heavy atom. The van der Waals surface area contributed by atoms with Gasteiger partial charge in [-0.1, -0.05) is 6.07 Å². The molecule has 0 unspecified atom stereocenters. The fraction of sp³-hybridized carbons (Fsp3) is 0.0833. The Labute approximate surface area is 124 Å². The van der Waals surface area contributed by atoms with Crippen LogP contribution in [-0.2, 0) is 10.0 Å². The zero-order valence-electron chi connectivity index (χ0n) is 9.98. The normalized spacial score (nSPS) is 11.3. The van der Waals surface area contributed by atoms with E-state index in [1.54, 1.807) is 12.1 Å². The van der Waals surface area contributed by atoms with E-state index >= 15 is 0 Å². The van der Waals surface area contributed by atoms with Crippen LogP contribution in [0, 0.1) is 10.5 Å². The van der Waals surface area contributed by atoms with Gasteiger partial charge in [-0.3, -0.25) is 9.52 Å². The van der Waals surface area contributed by atoms with E-state index in [1.165, 1.54) is 18.5 Å². The first-order valence-corrected chi connectivity index (χ1v) is 7.92. The highest BCUT2D eigenvalue weighted by atomic mass is 127. The monoisotopic (exact) mass is 390 g/mol. The van der Waals surface area contributed by atoms with E-state index in [-0.39, 0.29) is 4.90 Å². The summed E-state index contributed by atoms with van der Waals surface area (Å²) in [4.78, 5) is 13.8. The van der Waals surface area contributed by atoms with Gasteiger partial charge in [0.1, 0.15) is 0 Å². The number of aryl methyl sites for hydroxylation is 1. The van der Waals surface area contributed by atoms with Gasteiger partial charge in [0.25, 0.3) is 10.0 Å². The zero-order valence-corrected chi connectivity index (χ0v) is 12.9. The summed E-state index contributed by atoms with van der Waals surface area (Å²) in [5.41, 5.74) is 0.937. The van der Waals surface area contributed by atoms with Crippen molar-refractivity contribution in [3.63, 3.8) is 0 Å². The fourth-order valence-corrected chi connectivity index (χ4v) is 3.10. The lowest BCUT2D eigenvalue weighted by molar-refractivity contribution is 0.600. The average Bonchev–Trinajstić information content (AvgIpc) is 2.34. The quantitative estimate of drug-likeness (QED) is 0.788. The van der Waals surface area contributed by atoms with Gasteiger partial charge in [-0.05, 0) is 47.2 Å². The van der Waals surface area contributed by atoms with Crippen molar-refractivity contribution >= 4 is 38.3 Å². The molecule has 5 nitrogen and oxygen atoms in total. The number of hydrogen-bond donors (Lipinski definition) is 2. The third-order valence-corrected chi connectivity index (χ3v) is 5.07. The number of benzene rings is 1. The molecule has 0 saturated heterocycles. The number of sulfonamides is 1. The summed E-state index contributed by atoms with van der Waals surface area (Å²) in [5, 5.41) is 0. The highest BCUT2D eigenvalue weighted by molar-refractivity contribution is 14.1. The molecule has 0 aliphatic carbocycles. The lowest BCUT2D eigenvalue weighted by atomic mass is 10.2. The van der Waals surface area contributed by atoms with Crippen molar-refractivity contribution in [3.8, 4) is 0 Å². The molecule has 2 N–H and O–H groups in total. The molecule has 100 valence electrons. The second kappa shape index (κ2) is 5.33. The number of aromatic nitrogens is 1. The van der Waals surface area contributed by atoms with Crippen molar-refractivity contribution in [2.75, 3.05) is 4.72 Å². The Bertz CT molecular complexity index is 769. The van der Waals surface area contributed by atoms with Crippen molar-refractivity contribution in [1.82, 2.24) is 4.98 Å². The average molecular weight is 390 g/mol.